The van der Waals surface area contributed by atoms with Crippen LogP contribution in [0, 0.1) is 12.0 Å². The van der Waals surface area contributed by atoms with Crippen molar-refractivity contribution >= 4 is 5.78 Å². The number of carbonyl (C=O) groups excluding carboxylic acids is 1. The molecule has 0 saturated heterocycles. The van der Waals surface area contributed by atoms with Crippen LogP contribution in [-0.4, -0.2) is 5.78 Å². The molecule has 1 aliphatic carbocycles. The zero-order chi connectivity index (χ0) is 13.1. The predicted molar refractivity (Wildman–Crippen MR) is 72.5 cm³/mol. The molecule has 0 aromatic carbocycles. The number of allylic oxidation sites excluding steroid dienone is 7. The molecule has 0 aromatic heterocycles. The second kappa shape index (κ2) is 5.31. The van der Waals surface area contributed by atoms with E-state index in [1.165, 1.54) is 17.2 Å². The van der Waals surface area contributed by atoms with E-state index in [0.717, 1.165) is 5.57 Å². The van der Waals surface area contributed by atoms with Crippen molar-refractivity contribution < 1.29 is 4.79 Å². The molecule has 1 aliphatic rings. The first-order valence-corrected chi connectivity index (χ1v) is 5.98. The zero-order valence-electron chi connectivity index (χ0n) is 11.2. The summed E-state index contributed by atoms with van der Waals surface area (Å²) >= 11 is 0. The summed E-state index contributed by atoms with van der Waals surface area (Å²) in [5.41, 5.74) is 3.53. The molecule has 0 aliphatic heterocycles. The molecule has 0 spiro atoms. The summed E-state index contributed by atoms with van der Waals surface area (Å²) in [6.07, 6.45) is 8.81. The van der Waals surface area contributed by atoms with E-state index in [-0.39, 0.29) is 5.41 Å². The van der Waals surface area contributed by atoms with Crippen molar-refractivity contribution in [1.82, 2.24) is 0 Å². The third-order valence-electron chi connectivity index (χ3n) is 3.16. The van der Waals surface area contributed by atoms with E-state index < -0.39 is 0 Å². The van der Waals surface area contributed by atoms with Crippen LogP contribution in [0.3, 0.4) is 0 Å². The Kier molecular flexibility index (Phi) is 4.28. The minimum Gasteiger partial charge on any atom is -0.299 e. The van der Waals surface area contributed by atoms with Gasteiger partial charge in [0.25, 0.3) is 0 Å². The van der Waals surface area contributed by atoms with Gasteiger partial charge in [0, 0.05) is 12.8 Å². The van der Waals surface area contributed by atoms with E-state index >= 15 is 0 Å². The number of hydrogen-bond acceptors (Lipinski definition) is 1. The molecule has 0 fully saturated rings. The Morgan fingerprint density at radius 1 is 1.41 bits per heavy atom. The topological polar surface area (TPSA) is 17.1 Å². The predicted octanol–water partition coefficient (Wildman–Crippen LogP) is 4.18. The maximum atomic E-state index is 11.6. The Hall–Kier alpha value is -1.37. The van der Waals surface area contributed by atoms with Crippen LogP contribution in [0.4, 0.5) is 0 Å². The van der Waals surface area contributed by atoms with Crippen LogP contribution in [0.15, 0.2) is 41.0 Å². The lowest BCUT2D eigenvalue weighted by Crippen LogP contribution is -2.25. The van der Waals surface area contributed by atoms with Crippen LogP contribution >= 0.6 is 0 Å². The highest BCUT2D eigenvalue weighted by molar-refractivity contribution is 5.84. The van der Waals surface area contributed by atoms with E-state index in [0.29, 0.717) is 18.6 Å². The zero-order valence-corrected chi connectivity index (χ0v) is 11.2. The summed E-state index contributed by atoms with van der Waals surface area (Å²) in [6.45, 7) is 13.7. The Bertz CT molecular complexity index is 417. The quantitative estimate of drug-likeness (QED) is 0.663. The van der Waals surface area contributed by atoms with Crippen molar-refractivity contribution in [2.24, 2.45) is 5.41 Å². The van der Waals surface area contributed by atoms with Gasteiger partial charge in [-0.2, -0.15) is 0 Å². The number of hydrogen-bond donors (Lipinski definition) is 0. The Balaban J connectivity index is 3.02. The van der Waals surface area contributed by atoms with Gasteiger partial charge < -0.3 is 0 Å². The highest BCUT2D eigenvalue weighted by Crippen LogP contribution is 2.39. The molecule has 0 amide bonds. The fourth-order valence-corrected chi connectivity index (χ4v) is 2.41. The van der Waals surface area contributed by atoms with Crippen molar-refractivity contribution in [2.75, 3.05) is 0 Å². The number of Topliss-reactive ketones (excluding diaryl/α,β-unsaturated/α-hetero) is 1. The summed E-state index contributed by atoms with van der Waals surface area (Å²) in [7, 11) is 0. The van der Waals surface area contributed by atoms with Crippen LogP contribution in [-0.2, 0) is 4.79 Å². The smallest absolute Gasteiger partial charge is 0.137 e. The maximum Gasteiger partial charge on any atom is 0.137 e. The first kappa shape index (κ1) is 13.7. The lowest BCUT2D eigenvalue weighted by Gasteiger charge is -2.32. The molecule has 0 unspecified atom stereocenters. The Labute approximate surface area is 105 Å². The van der Waals surface area contributed by atoms with Gasteiger partial charge in [0.05, 0.1) is 0 Å². The summed E-state index contributed by atoms with van der Waals surface area (Å²) in [6, 6.07) is 0. The molecule has 17 heavy (non-hydrogen) atoms. The van der Waals surface area contributed by atoms with Gasteiger partial charge in [0.15, 0.2) is 0 Å². The molecule has 1 heteroatoms. The molecule has 0 heterocycles. The van der Waals surface area contributed by atoms with Gasteiger partial charge in [-0.25, -0.2) is 0 Å². The molecular formula is C16H21O. The molecule has 1 nitrogen and oxygen atoms in total. The Morgan fingerprint density at radius 3 is 2.59 bits per heavy atom. The van der Waals surface area contributed by atoms with Crippen LogP contribution in [0.25, 0.3) is 0 Å². The minimum atomic E-state index is -0.0530. The highest BCUT2D eigenvalue weighted by atomic mass is 16.1. The fourth-order valence-electron chi connectivity index (χ4n) is 2.41. The SMILES string of the molecule is [CH]=CC=C(C)C=CC1=C(C)CC(=O)CC1(C)C. The maximum absolute atomic E-state index is 11.6. The Morgan fingerprint density at radius 2 is 2.06 bits per heavy atom. The average molecular weight is 229 g/mol. The standard InChI is InChI=1S/C16H21O/c1-6-7-12(2)8-9-15-13(3)10-14(17)11-16(15,4)5/h1,6-9H,10-11H2,2-5H3. The largest absolute Gasteiger partial charge is 0.299 e. The van der Waals surface area contributed by atoms with Crippen LogP contribution in [0.1, 0.15) is 40.5 Å². The van der Waals surface area contributed by atoms with Crippen molar-refractivity contribution in [2.45, 2.75) is 40.5 Å². The number of carbonyl (C=O) groups is 1. The molecular weight excluding hydrogens is 208 g/mol. The number of rotatable bonds is 3. The molecule has 1 radical (unpaired) electrons. The normalized spacial score (nSPS) is 21.2. The molecule has 0 bridgehead atoms. The van der Waals surface area contributed by atoms with E-state index in [9.17, 15) is 4.79 Å². The second-order valence-electron chi connectivity index (χ2n) is 5.41. The first-order chi connectivity index (χ1) is 7.86. The highest BCUT2D eigenvalue weighted by Gasteiger charge is 2.30. The van der Waals surface area contributed by atoms with E-state index in [1.807, 2.05) is 19.9 Å². The van der Waals surface area contributed by atoms with Crippen LogP contribution in [0.5, 0.6) is 0 Å². The van der Waals surface area contributed by atoms with Crippen LogP contribution < -0.4 is 0 Å². The molecule has 0 aromatic rings. The third kappa shape index (κ3) is 3.55. The van der Waals surface area contributed by atoms with Crippen molar-refractivity contribution in [3.05, 3.63) is 47.6 Å². The minimum absolute atomic E-state index is 0.0530. The monoisotopic (exact) mass is 229 g/mol. The van der Waals surface area contributed by atoms with Crippen molar-refractivity contribution in [3.63, 3.8) is 0 Å². The van der Waals surface area contributed by atoms with Gasteiger partial charge in [-0.3, -0.25) is 4.79 Å². The lowest BCUT2D eigenvalue weighted by atomic mass is 9.72. The van der Waals surface area contributed by atoms with Crippen LogP contribution in [0.2, 0.25) is 0 Å². The molecule has 0 N–H and O–H groups in total. The average Bonchev–Trinajstić information content (AvgIpc) is 2.14. The number of ketones is 1. The summed E-state index contributed by atoms with van der Waals surface area (Å²) in [4.78, 5) is 11.6. The lowest BCUT2D eigenvalue weighted by molar-refractivity contribution is -0.120. The van der Waals surface area contributed by atoms with Gasteiger partial charge in [0.1, 0.15) is 5.78 Å². The molecule has 1 rings (SSSR count). The van der Waals surface area contributed by atoms with Gasteiger partial charge in [-0.1, -0.05) is 55.9 Å². The molecule has 0 saturated carbocycles. The van der Waals surface area contributed by atoms with Gasteiger partial charge >= 0.3 is 0 Å². The first-order valence-electron chi connectivity index (χ1n) is 5.98. The van der Waals surface area contributed by atoms with Gasteiger partial charge in [0.2, 0.25) is 0 Å². The molecule has 91 valence electrons. The second-order valence-corrected chi connectivity index (χ2v) is 5.41. The van der Waals surface area contributed by atoms with Crippen molar-refractivity contribution in [3.8, 4) is 0 Å². The summed E-state index contributed by atoms with van der Waals surface area (Å²) in [5.74, 6) is 0.340. The van der Waals surface area contributed by atoms with E-state index in [2.05, 4.69) is 26.0 Å². The fraction of sp³-hybridized carbons (Fsp3) is 0.438. The summed E-state index contributed by atoms with van der Waals surface area (Å²) < 4.78 is 0. The van der Waals surface area contributed by atoms with Crippen molar-refractivity contribution in [1.29, 1.82) is 0 Å². The summed E-state index contributed by atoms with van der Waals surface area (Å²) in [5, 5.41) is 0. The van der Waals surface area contributed by atoms with E-state index in [1.54, 1.807) is 0 Å². The van der Waals surface area contributed by atoms with Gasteiger partial charge in [-0.05, 0) is 24.8 Å². The third-order valence-corrected chi connectivity index (χ3v) is 3.16. The van der Waals surface area contributed by atoms with Gasteiger partial charge in [-0.15, -0.1) is 0 Å². The molecule has 0 atom stereocenters. The van der Waals surface area contributed by atoms with E-state index in [4.69, 9.17) is 6.58 Å².